The Bertz CT molecular complexity index is 474. The van der Waals surface area contributed by atoms with Crippen LogP contribution in [0.1, 0.15) is 30.9 Å². The van der Waals surface area contributed by atoms with Crippen molar-refractivity contribution in [3.05, 3.63) is 35.9 Å². The molecule has 1 fully saturated rings. The van der Waals surface area contributed by atoms with Crippen LogP contribution in [-0.4, -0.2) is 28.6 Å². The lowest BCUT2D eigenvalue weighted by atomic mass is 9.95. The second-order valence-electron chi connectivity index (χ2n) is 5.15. The van der Waals surface area contributed by atoms with Gasteiger partial charge in [-0.3, -0.25) is 9.59 Å². The van der Waals surface area contributed by atoms with Gasteiger partial charge >= 0.3 is 5.97 Å². The van der Waals surface area contributed by atoms with E-state index in [0.717, 1.165) is 12.0 Å². The van der Waals surface area contributed by atoms with Gasteiger partial charge in [0.2, 0.25) is 5.91 Å². The molecule has 1 saturated carbocycles. The van der Waals surface area contributed by atoms with Crippen molar-refractivity contribution < 1.29 is 19.8 Å². The van der Waals surface area contributed by atoms with E-state index in [9.17, 15) is 14.7 Å². The van der Waals surface area contributed by atoms with Crippen LogP contribution in [0.3, 0.4) is 0 Å². The first kappa shape index (κ1) is 14.5. The topological polar surface area (TPSA) is 86.6 Å². The van der Waals surface area contributed by atoms with Crippen LogP contribution in [0.4, 0.5) is 0 Å². The van der Waals surface area contributed by atoms with Crippen molar-refractivity contribution in [2.24, 2.45) is 11.8 Å². The van der Waals surface area contributed by atoms with Crippen LogP contribution in [-0.2, 0) is 9.59 Å². The van der Waals surface area contributed by atoms with Crippen molar-refractivity contribution in [2.75, 3.05) is 6.54 Å². The van der Waals surface area contributed by atoms with Gasteiger partial charge in [0.15, 0.2) is 0 Å². The van der Waals surface area contributed by atoms with Crippen molar-refractivity contribution >= 4 is 11.9 Å². The van der Waals surface area contributed by atoms with Gasteiger partial charge in [-0.05, 0) is 18.4 Å². The molecule has 0 aromatic heterocycles. The van der Waals surface area contributed by atoms with E-state index in [0.29, 0.717) is 12.8 Å². The number of rotatable bonds is 5. The number of benzene rings is 1. The average molecular weight is 277 g/mol. The fourth-order valence-corrected chi connectivity index (χ4v) is 2.69. The van der Waals surface area contributed by atoms with E-state index in [1.165, 1.54) is 0 Å². The van der Waals surface area contributed by atoms with Crippen LogP contribution in [0.15, 0.2) is 30.3 Å². The molecular formula is C15H19NO4. The lowest BCUT2D eigenvalue weighted by molar-refractivity contribution is -0.146. The molecule has 1 aromatic rings. The number of amides is 1. The fraction of sp³-hybridized carbons (Fsp3) is 0.467. The van der Waals surface area contributed by atoms with E-state index in [-0.39, 0.29) is 12.5 Å². The van der Waals surface area contributed by atoms with Gasteiger partial charge in [-0.1, -0.05) is 36.8 Å². The van der Waals surface area contributed by atoms with Gasteiger partial charge in [0.25, 0.3) is 0 Å². The highest BCUT2D eigenvalue weighted by Crippen LogP contribution is 2.32. The second-order valence-corrected chi connectivity index (χ2v) is 5.15. The highest BCUT2D eigenvalue weighted by atomic mass is 16.4. The third kappa shape index (κ3) is 3.36. The molecule has 0 radical (unpaired) electrons. The molecule has 0 saturated heterocycles. The summed E-state index contributed by atoms with van der Waals surface area (Å²) in [6.07, 6.45) is 1.14. The summed E-state index contributed by atoms with van der Waals surface area (Å²) in [6.45, 7) is 0.103. The van der Waals surface area contributed by atoms with Crippen molar-refractivity contribution in [1.29, 1.82) is 0 Å². The number of aliphatic hydroxyl groups is 1. The predicted molar refractivity (Wildman–Crippen MR) is 72.9 cm³/mol. The molecule has 0 aliphatic heterocycles. The Morgan fingerprint density at radius 3 is 2.50 bits per heavy atom. The zero-order chi connectivity index (χ0) is 14.5. The lowest BCUT2D eigenvalue weighted by Crippen LogP contribution is -2.37. The maximum Gasteiger partial charge on any atom is 0.307 e. The maximum absolute atomic E-state index is 12.0. The maximum atomic E-state index is 12.0. The molecular weight excluding hydrogens is 258 g/mol. The molecule has 1 unspecified atom stereocenters. The molecule has 0 heterocycles. The van der Waals surface area contributed by atoms with Gasteiger partial charge in [-0.15, -0.1) is 0 Å². The first-order valence-electron chi connectivity index (χ1n) is 6.83. The summed E-state index contributed by atoms with van der Waals surface area (Å²) in [5.41, 5.74) is 0.731. The highest BCUT2D eigenvalue weighted by Gasteiger charge is 2.37. The van der Waals surface area contributed by atoms with Crippen LogP contribution < -0.4 is 5.32 Å². The van der Waals surface area contributed by atoms with Crippen LogP contribution >= 0.6 is 0 Å². The molecule has 1 amide bonds. The summed E-state index contributed by atoms with van der Waals surface area (Å²) in [5.74, 6) is -2.25. The third-order valence-electron chi connectivity index (χ3n) is 3.82. The summed E-state index contributed by atoms with van der Waals surface area (Å²) in [6, 6.07) is 9.05. The molecule has 108 valence electrons. The van der Waals surface area contributed by atoms with Crippen LogP contribution in [0.25, 0.3) is 0 Å². The van der Waals surface area contributed by atoms with Crippen LogP contribution in [0, 0.1) is 11.8 Å². The van der Waals surface area contributed by atoms with Gasteiger partial charge in [0.1, 0.15) is 0 Å². The van der Waals surface area contributed by atoms with Gasteiger partial charge in [-0.2, -0.15) is 0 Å². The Kier molecular flexibility index (Phi) is 4.74. The Balaban J connectivity index is 1.87. The number of aliphatic hydroxyl groups excluding tert-OH is 1. The quantitative estimate of drug-likeness (QED) is 0.758. The Labute approximate surface area is 117 Å². The molecule has 3 atom stereocenters. The number of nitrogens with one attached hydrogen (secondary N) is 1. The summed E-state index contributed by atoms with van der Waals surface area (Å²) in [5, 5.41) is 21.7. The van der Waals surface area contributed by atoms with E-state index in [1.54, 1.807) is 12.1 Å². The predicted octanol–water partition coefficient (Wildman–Crippen LogP) is 1.34. The molecule has 20 heavy (non-hydrogen) atoms. The molecule has 3 N–H and O–H groups in total. The normalized spacial score (nSPS) is 23.2. The number of aliphatic carboxylic acids is 1. The van der Waals surface area contributed by atoms with Crippen molar-refractivity contribution in [2.45, 2.75) is 25.4 Å². The van der Waals surface area contributed by atoms with Gasteiger partial charge in [0, 0.05) is 6.54 Å². The van der Waals surface area contributed by atoms with Crippen molar-refractivity contribution in [1.82, 2.24) is 5.32 Å². The number of carboxylic acid groups (broad SMARTS) is 1. The second kappa shape index (κ2) is 6.52. The minimum atomic E-state index is -0.911. The number of hydrogen-bond donors (Lipinski definition) is 3. The van der Waals surface area contributed by atoms with E-state index in [2.05, 4.69) is 5.32 Å². The average Bonchev–Trinajstić information content (AvgIpc) is 2.95. The molecule has 1 aromatic carbocycles. The Morgan fingerprint density at radius 2 is 1.85 bits per heavy atom. The SMILES string of the molecule is O=C(O)[C@H]1CCC[C@H]1C(=O)NCC(O)c1ccccc1. The highest BCUT2D eigenvalue weighted by molar-refractivity contribution is 5.85. The zero-order valence-corrected chi connectivity index (χ0v) is 11.2. The monoisotopic (exact) mass is 277 g/mol. The first-order valence-corrected chi connectivity index (χ1v) is 6.83. The number of carboxylic acids is 1. The van der Waals surface area contributed by atoms with E-state index >= 15 is 0 Å². The summed E-state index contributed by atoms with van der Waals surface area (Å²) in [7, 11) is 0. The number of carbonyl (C=O) groups is 2. The van der Waals surface area contributed by atoms with E-state index in [4.69, 9.17) is 5.11 Å². The van der Waals surface area contributed by atoms with E-state index < -0.39 is 23.9 Å². The lowest BCUT2D eigenvalue weighted by Gasteiger charge is -2.17. The molecule has 0 spiro atoms. The minimum Gasteiger partial charge on any atom is -0.481 e. The number of carbonyl (C=O) groups excluding carboxylic acids is 1. The standard InChI is InChI=1S/C15H19NO4/c17-13(10-5-2-1-3-6-10)9-16-14(18)11-7-4-8-12(11)15(19)20/h1-3,5-6,11-13,17H,4,7-9H2,(H,16,18)(H,19,20)/t11-,12+,13?/m1/s1. The molecule has 5 heteroatoms. The summed E-state index contributed by atoms with van der Waals surface area (Å²) < 4.78 is 0. The first-order chi connectivity index (χ1) is 9.59. The van der Waals surface area contributed by atoms with Crippen LogP contribution in [0.2, 0.25) is 0 Å². The fourth-order valence-electron chi connectivity index (χ4n) is 2.69. The minimum absolute atomic E-state index is 0.103. The molecule has 5 nitrogen and oxygen atoms in total. The smallest absolute Gasteiger partial charge is 0.307 e. The molecule has 0 bridgehead atoms. The Hall–Kier alpha value is -1.88. The largest absolute Gasteiger partial charge is 0.481 e. The zero-order valence-electron chi connectivity index (χ0n) is 11.2. The van der Waals surface area contributed by atoms with Crippen molar-refractivity contribution in [3.8, 4) is 0 Å². The Morgan fingerprint density at radius 1 is 1.20 bits per heavy atom. The van der Waals surface area contributed by atoms with Crippen LogP contribution in [0.5, 0.6) is 0 Å². The number of hydrogen-bond acceptors (Lipinski definition) is 3. The van der Waals surface area contributed by atoms with E-state index in [1.807, 2.05) is 18.2 Å². The summed E-state index contributed by atoms with van der Waals surface area (Å²) in [4.78, 5) is 23.1. The molecule has 2 rings (SSSR count). The third-order valence-corrected chi connectivity index (χ3v) is 3.82. The molecule has 1 aliphatic rings. The molecule has 1 aliphatic carbocycles. The summed E-state index contributed by atoms with van der Waals surface area (Å²) >= 11 is 0. The van der Waals surface area contributed by atoms with Gasteiger partial charge in [-0.25, -0.2) is 0 Å². The van der Waals surface area contributed by atoms with Crippen molar-refractivity contribution in [3.63, 3.8) is 0 Å². The van der Waals surface area contributed by atoms with Gasteiger partial charge in [0.05, 0.1) is 17.9 Å². The van der Waals surface area contributed by atoms with Gasteiger partial charge < -0.3 is 15.5 Å².